The van der Waals surface area contributed by atoms with Crippen molar-refractivity contribution in [2.24, 2.45) is 0 Å². The smallest absolute Gasteiger partial charge is 0.328 e. The Hall–Kier alpha value is -3.65. The molecular formula is C22H21N3O5. The molecular weight excluding hydrogens is 386 g/mol. The van der Waals surface area contributed by atoms with Crippen LogP contribution in [0.5, 0.6) is 11.5 Å². The van der Waals surface area contributed by atoms with Crippen LogP contribution in [0.15, 0.2) is 70.4 Å². The first-order valence-corrected chi connectivity index (χ1v) is 9.69. The molecule has 0 aliphatic carbocycles. The molecule has 3 aromatic rings. The first-order valence-electron chi connectivity index (χ1n) is 9.69. The first kappa shape index (κ1) is 19.7. The fraction of sp³-hybridized carbons (Fsp3) is 0.227. The van der Waals surface area contributed by atoms with E-state index in [1.807, 2.05) is 18.2 Å². The number of carbonyl (C=O) groups excluding carboxylic acids is 1. The number of carbonyl (C=O) groups is 1. The maximum atomic E-state index is 12.8. The number of anilines is 1. The number of amides is 1. The van der Waals surface area contributed by atoms with E-state index in [-0.39, 0.29) is 18.2 Å². The van der Waals surface area contributed by atoms with E-state index >= 15 is 0 Å². The van der Waals surface area contributed by atoms with Gasteiger partial charge in [-0.25, -0.2) is 4.79 Å². The topological polar surface area (TPSA) is 102 Å². The highest BCUT2D eigenvalue weighted by Gasteiger charge is 2.21. The number of nitrogens with one attached hydrogen (secondary N) is 2. The maximum Gasteiger partial charge on any atom is 0.328 e. The van der Waals surface area contributed by atoms with Crippen LogP contribution < -0.4 is 21.3 Å². The van der Waals surface area contributed by atoms with E-state index in [2.05, 4.69) is 10.3 Å². The zero-order valence-electron chi connectivity index (χ0n) is 16.2. The van der Waals surface area contributed by atoms with Crippen LogP contribution in [0.25, 0.3) is 0 Å². The summed E-state index contributed by atoms with van der Waals surface area (Å²) in [7, 11) is 0. The average molecular weight is 407 g/mol. The summed E-state index contributed by atoms with van der Waals surface area (Å²) >= 11 is 0. The molecule has 8 nitrogen and oxygen atoms in total. The molecule has 4 rings (SSSR count). The van der Waals surface area contributed by atoms with E-state index in [1.54, 1.807) is 36.4 Å². The van der Waals surface area contributed by atoms with Crippen LogP contribution in [0, 0.1) is 0 Å². The Bertz CT molecular complexity index is 1150. The molecule has 30 heavy (non-hydrogen) atoms. The molecule has 154 valence electrons. The molecule has 0 spiro atoms. The molecule has 1 aliphatic heterocycles. The average Bonchev–Trinajstić information content (AvgIpc) is 3.26. The molecule has 2 aromatic carbocycles. The zero-order chi connectivity index (χ0) is 20.9. The molecule has 0 saturated carbocycles. The van der Waals surface area contributed by atoms with Crippen LogP contribution in [0.4, 0.5) is 5.69 Å². The van der Waals surface area contributed by atoms with Gasteiger partial charge >= 0.3 is 5.69 Å². The summed E-state index contributed by atoms with van der Waals surface area (Å²) in [5, 5.41) is 2.70. The van der Waals surface area contributed by atoms with E-state index in [1.165, 1.54) is 0 Å². The molecule has 1 amide bonds. The summed E-state index contributed by atoms with van der Waals surface area (Å²) in [5.41, 5.74) is -0.988. The zero-order valence-corrected chi connectivity index (χ0v) is 16.2. The van der Waals surface area contributed by atoms with Crippen LogP contribution >= 0.6 is 0 Å². The monoisotopic (exact) mass is 407 g/mol. The van der Waals surface area contributed by atoms with E-state index in [0.717, 1.165) is 23.6 Å². The van der Waals surface area contributed by atoms with Crippen molar-refractivity contribution < 1.29 is 14.3 Å². The summed E-state index contributed by atoms with van der Waals surface area (Å²) in [6.07, 6.45) is 2.58. The molecule has 1 saturated heterocycles. The molecule has 2 N–H and O–H groups in total. The van der Waals surface area contributed by atoms with E-state index in [9.17, 15) is 14.4 Å². The maximum absolute atomic E-state index is 12.8. The summed E-state index contributed by atoms with van der Waals surface area (Å²) in [4.78, 5) is 40.2. The number of hydrogen-bond donors (Lipinski definition) is 2. The van der Waals surface area contributed by atoms with Crippen LogP contribution in [0.1, 0.15) is 23.2 Å². The largest absolute Gasteiger partial charge is 0.455 e. The van der Waals surface area contributed by atoms with Gasteiger partial charge in [0.05, 0.1) is 18.3 Å². The van der Waals surface area contributed by atoms with Crippen LogP contribution in [0.3, 0.4) is 0 Å². The van der Waals surface area contributed by atoms with Gasteiger partial charge in [-0.15, -0.1) is 0 Å². The van der Waals surface area contributed by atoms with Gasteiger partial charge in [-0.1, -0.05) is 30.3 Å². The van der Waals surface area contributed by atoms with Crippen molar-refractivity contribution in [1.29, 1.82) is 0 Å². The predicted molar refractivity (Wildman–Crippen MR) is 111 cm³/mol. The van der Waals surface area contributed by atoms with Gasteiger partial charge in [-0.3, -0.25) is 14.2 Å². The van der Waals surface area contributed by atoms with Crippen LogP contribution in [-0.4, -0.2) is 28.2 Å². The third-order valence-corrected chi connectivity index (χ3v) is 4.82. The minimum atomic E-state index is -0.659. The molecule has 0 radical (unpaired) electrons. The van der Waals surface area contributed by atoms with Crippen LogP contribution in [-0.2, 0) is 11.3 Å². The quantitative estimate of drug-likeness (QED) is 0.654. The van der Waals surface area contributed by atoms with E-state index in [4.69, 9.17) is 9.47 Å². The second kappa shape index (κ2) is 8.79. The highest BCUT2D eigenvalue weighted by atomic mass is 16.5. The highest BCUT2D eigenvalue weighted by Crippen LogP contribution is 2.29. The van der Waals surface area contributed by atoms with Crippen molar-refractivity contribution in [3.05, 3.63) is 87.2 Å². The summed E-state index contributed by atoms with van der Waals surface area (Å²) in [6.45, 7) is 0.721. The Morgan fingerprint density at radius 1 is 1.13 bits per heavy atom. The standard InChI is InChI=1S/C22H21N3O5/c26-20(17-13-23-22(28)25(21(17)27)14-16-9-6-12-29-16)24-18-10-4-5-11-19(18)30-15-7-2-1-3-8-15/h1-5,7-8,10-11,13,16H,6,9,12,14H2,(H,23,28)(H,24,26). The second-order valence-electron chi connectivity index (χ2n) is 6.92. The number of aromatic amines is 1. The summed E-state index contributed by atoms with van der Waals surface area (Å²) < 4.78 is 12.4. The Labute approximate surface area is 172 Å². The molecule has 8 heteroatoms. The minimum absolute atomic E-state index is 0.114. The number of nitrogens with zero attached hydrogens (tertiary/aromatic N) is 1. The fourth-order valence-electron chi connectivity index (χ4n) is 3.30. The van der Waals surface area contributed by atoms with Crippen molar-refractivity contribution in [2.75, 3.05) is 11.9 Å². The molecule has 1 aliphatic rings. The fourth-order valence-corrected chi connectivity index (χ4v) is 3.30. The number of aromatic nitrogens is 2. The van der Waals surface area contributed by atoms with Gasteiger partial charge < -0.3 is 19.8 Å². The van der Waals surface area contributed by atoms with Crippen molar-refractivity contribution >= 4 is 11.6 Å². The lowest BCUT2D eigenvalue weighted by atomic mass is 10.2. The van der Waals surface area contributed by atoms with Crippen molar-refractivity contribution in [3.63, 3.8) is 0 Å². The molecule has 1 fully saturated rings. The number of para-hydroxylation sites is 3. The molecule has 1 unspecified atom stereocenters. The lowest BCUT2D eigenvalue weighted by Gasteiger charge is -2.13. The lowest BCUT2D eigenvalue weighted by molar-refractivity contribution is 0.0941. The summed E-state index contributed by atoms with van der Waals surface area (Å²) in [6, 6.07) is 16.1. The third-order valence-electron chi connectivity index (χ3n) is 4.82. The van der Waals surface area contributed by atoms with Crippen LogP contribution in [0.2, 0.25) is 0 Å². The van der Waals surface area contributed by atoms with Gasteiger partial charge in [-0.2, -0.15) is 0 Å². The van der Waals surface area contributed by atoms with Crippen molar-refractivity contribution in [1.82, 2.24) is 9.55 Å². The summed E-state index contributed by atoms with van der Waals surface area (Å²) in [5.74, 6) is 0.407. The van der Waals surface area contributed by atoms with Gasteiger partial charge in [0.2, 0.25) is 0 Å². The van der Waals surface area contributed by atoms with Gasteiger partial charge in [-0.05, 0) is 37.1 Å². The number of rotatable bonds is 6. The number of benzene rings is 2. The first-order chi connectivity index (χ1) is 14.6. The lowest BCUT2D eigenvalue weighted by Crippen LogP contribution is -2.41. The molecule has 2 heterocycles. The normalized spacial score (nSPS) is 15.7. The number of ether oxygens (including phenoxy) is 2. The molecule has 0 bridgehead atoms. The van der Waals surface area contributed by atoms with Gasteiger partial charge in [0.25, 0.3) is 11.5 Å². The molecule has 1 aromatic heterocycles. The van der Waals surface area contributed by atoms with E-state index in [0.29, 0.717) is 23.8 Å². The number of hydrogen-bond acceptors (Lipinski definition) is 5. The Kier molecular flexibility index (Phi) is 5.76. The second-order valence-corrected chi connectivity index (χ2v) is 6.92. The Morgan fingerprint density at radius 3 is 2.67 bits per heavy atom. The van der Waals surface area contributed by atoms with Gasteiger partial charge in [0.1, 0.15) is 11.3 Å². The number of H-pyrrole nitrogens is 1. The third kappa shape index (κ3) is 4.33. The molecule has 1 atom stereocenters. The SMILES string of the molecule is O=C(Nc1ccccc1Oc1ccccc1)c1c[nH]c(=O)n(CC2CCCO2)c1=O. The van der Waals surface area contributed by atoms with Gasteiger partial charge in [0.15, 0.2) is 5.75 Å². The van der Waals surface area contributed by atoms with Gasteiger partial charge in [0, 0.05) is 12.8 Å². The Balaban J connectivity index is 1.57. The van der Waals surface area contributed by atoms with Crippen molar-refractivity contribution in [2.45, 2.75) is 25.5 Å². The predicted octanol–water partition coefficient (Wildman–Crippen LogP) is 2.76. The van der Waals surface area contributed by atoms with E-state index < -0.39 is 17.2 Å². The minimum Gasteiger partial charge on any atom is -0.455 e. The Morgan fingerprint density at radius 2 is 1.90 bits per heavy atom. The van der Waals surface area contributed by atoms with Crippen molar-refractivity contribution in [3.8, 4) is 11.5 Å². The highest BCUT2D eigenvalue weighted by molar-refractivity contribution is 6.04.